The Morgan fingerprint density at radius 2 is 1.76 bits per heavy atom. The van der Waals surface area contributed by atoms with Crippen LogP contribution in [0.4, 0.5) is 11.4 Å². The van der Waals surface area contributed by atoms with Crippen LogP contribution in [0.1, 0.15) is 31.9 Å². The Bertz CT molecular complexity index is 1320. The van der Waals surface area contributed by atoms with Crippen molar-refractivity contribution in [2.45, 2.75) is 37.5 Å². The zero-order chi connectivity index (χ0) is 24.5. The minimum atomic E-state index is -3.67. The first-order valence-electron chi connectivity index (χ1n) is 11.0. The number of anilines is 2. The second kappa shape index (κ2) is 9.43. The summed E-state index contributed by atoms with van der Waals surface area (Å²) in [5.41, 5.74) is 3.41. The Balaban J connectivity index is 1.38. The van der Waals surface area contributed by atoms with E-state index < -0.39 is 10.0 Å². The van der Waals surface area contributed by atoms with E-state index in [-0.39, 0.29) is 22.8 Å². The molecule has 1 heterocycles. The van der Waals surface area contributed by atoms with Crippen molar-refractivity contribution in [2.24, 2.45) is 0 Å². The van der Waals surface area contributed by atoms with Gasteiger partial charge in [0.15, 0.2) is 6.61 Å². The lowest BCUT2D eigenvalue weighted by atomic mass is 9.87. The summed E-state index contributed by atoms with van der Waals surface area (Å²) in [5.74, 6) is 0.242. The number of nitrogens with one attached hydrogen (secondary N) is 1. The molecule has 0 atom stereocenters. The summed E-state index contributed by atoms with van der Waals surface area (Å²) < 4.78 is 34.1. The van der Waals surface area contributed by atoms with Crippen molar-refractivity contribution in [2.75, 3.05) is 22.8 Å². The number of carbonyl (C=O) groups is 1. The third-order valence-electron chi connectivity index (χ3n) is 5.73. The lowest BCUT2D eigenvalue weighted by molar-refractivity contribution is -0.118. The molecule has 1 N–H and O–H groups in total. The van der Waals surface area contributed by atoms with Crippen LogP contribution in [0.3, 0.4) is 0 Å². The maximum Gasteiger partial charge on any atom is 0.264 e. The molecule has 0 fully saturated rings. The van der Waals surface area contributed by atoms with E-state index in [1.54, 1.807) is 12.1 Å². The fourth-order valence-electron chi connectivity index (χ4n) is 3.82. The highest BCUT2D eigenvalue weighted by Crippen LogP contribution is 2.33. The summed E-state index contributed by atoms with van der Waals surface area (Å²) >= 11 is 3.50. The van der Waals surface area contributed by atoms with Gasteiger partial charge in [-0.3, -0.25) is 9.10 Å². The maximum absolute atomic E-state index is 13.1. The Morgan fingerprint density at radius 1 is 1.06 bits per heavy atom. The lowest BCUT2D eigenvalue weighted by Crippen LogP contribution is -2.29. The third kappa shape index (κ3) is 5.13. The van der Waals surface area contributed by atoms with Crippen molar-refractivity contribution in [3.63, 3.8) is 0 Å². The van der Waals surface area contributed by atoms with E-state index in [0.29, 0.717) is 24.4 Å². The van der Waals surface area contributed by atoms with Gasteiger partial charge in [-0.1, -0.05) is 45.0 Å². The van der Waals surface area contributed by atoms with Gasteiger partial charge in [0.05, 0.1) is 15.1 Å². The van der Waals surface area contributed by atoms with Crippen LogP contribution in [0.15, 0.2) is 76.1 Å². The van der Waals surface area contributed by atoms with Crippen LogP contribution >= 0.6 is 15.9 Å². The Hall–Kier alpha value is -2.84. The van der Waals surface area contributed by atoms with Gasteiger partial charge in [0.25, 0.3) is 15.9 Å². The summed E-state index contributed by atoms with van der Waals surface area (Å²) in [5, 5.41) is 2.74. The molecule has 6 nitrogen and oxygen atoms in total. The molecule has 8 heteroatoms. The highest BCUT2D eigenvalue weighted by atomic mass is 79.9. The van der Waals surface area contributed by atoms with Gasteiger partial charge in [0.1, 0.15) is 5.75 Å². The second-order valence-corrected chi connectivity index (χ2v) is 11.9. The lowest BCUT2D eigenvalue weighted by Gasteiger charge is -2.20. The van der Waals surface area contributed by atoms with Crippen LogP contribution in [0, 0.1) is 0 Å². The van der Waals surface area contributed by atoms with Crippen LogP contribution in [0.5, 0.6) is 5.75 Å². The number of para-hydroxylation sites is 1. The van der Waals surface area contributed by atoms with Crippen LogP contribution in [-0.2, 0) is 26.7 Å². The number of carbonyl (C=O) groups excluding carboxylic acids is 1. The first kappa shape index (κ1) is 24.3. The van der Waals surface area contributed by atoms with Crippen molar-refractivity contribution in [1.29, 1.82) is 0 Å². The molecule has 0 bridgehead atoms. The van der Waals surface area contributed by atoms with E-state index in [2.05, 4.69) is 42.0 Å². The van der Waals surface area contributed by atoms with E-state index in [9.17, 15) is 13.2 Å². The summed E-state index contributed by atoms with van der Waals surface area (Å²) in [4.78, 5) is 12.6. The standard InChI is InChI=1S/C26H27BrN2O4S/c1-26(2,3)19-8-13-24(22(27)16-19)33-17-25(30)28-20-9-11-21(12-10-20)34(31,32)29-15-14-18-6-4-5-7-23(18)29/h4-13,16H,14-15,17H2,1-3H3,(H,28,30). The molecule has 178 valence electrons. The Morgan fingerprint density at radius 3 is 2.44 bits per heavy atom. The molecule has 0 aliphatic carbocycles. The van der Waals surface area contributed by atoms with E-state index in [4.69, 9.17) is 4.74 Å². The van der Waals surface area contributed by atoms with Crippen LogP contribution < -0.4 is 14.4 Å². The molecule has 3 aromatic rings. The predicted octanol–water partition coefficient (Wildman–Crippen LogP) is 5.52. The number of ether oxygens (including phenoxy) is 1. The van der Waals surface area contributed by atoms with Gasteiger partial charge in [0.2, 0.25) is 0 Å². The van der Waals surface area contributed by atoms with E-state index in [1.807, 2.05) is 42.5 Å². The summed E-state index contributed by atoms with van der Waals surface area (Å²) in [6.45, 7) is 6.64. The van der Waals surface area contributed by atoms with Gasteiger partial charge in [-0.05, 0) is 81.4 Å². The number of fused-ring (bicyclic) bond motifs is 1. The normalized spacial score (nSPS) is 13.5. The molecule has 34 heavy (non-hydrogen) atoms. The highest BCUT2D eigenvalue weighted by molar-refractivity contribution is 9.10. The molecular formula is C26H27BrN2O4S. The monoisotopic (exact) mass is 542 g/mol. The molecule has 0 aromatic heterocycles. The number of sulfonamides is 1. The van der Waals surface area contributed by atoms with Crippen molar-refractivity contribution in [3.8, 4) is 5.75 Å². The minimum Gasteiger partial charge on any atom is -0.483 e. The Labute approximate surface area is 209 Å². The van der Waals surface area contributed by atoms with Gasteiger partial charge in [-0.2, -0.15) is 0 Å². The van der Waals surface area contributed by atoms with Crippen LogP contribution in [0.2, 0.25) is 0 Å². The number of rotatable bonds is 6. The number of nitrogens with zero attached hydrogens (tertiary/aromatic N) is 1. The van der Waals surface area contributed by atoms with Gasteiger partial charge < -0.3 is 10.1 Å². The number of benzene rings is 3. The van der Waals surface area contributed by atoms with Gasteiger partial charge in [-0.15, -0.1) is 0 Å². The maximum atomic E-state index is 13.1. The SMILES string of the molecule is CC(C)(C)c1ccc(OCC(=O)Nc2ccc(S(=O)(=O)N3CCc4ccccc43)cc2)c(Br)c1. The fraction of sp³-hybridized carbons (Fsp3) is 0.269. The fourth-order valence-corrected chi connectivity index (χ4v) is 5.82. The first-order chi connectivity index (χ1) is 16.1. The molecule has 1 amide bonds. The summed E-state index contributed by atoms with van der Waals surface area (Å²) in [6.07, 6.45) is 0.693. The molecule has 1 aliphatic heterocycles. The molecule has 0 spiro atoms. The van der Waals surface area contributed by atoms with Crippen LogP contribution in [0.25, 0.3) is 0 Å². The average Bonchev–Trinajstić information content (AvgIpc) is 3.23. The number of amides is 1. The molecule has 0 saturated heterocycles. The minimum absolute atomic E-state index is 0.0101. The number of hydrogen-bond acceptors (Lipinski definition) is 4. The smallest absolute Gasteiger partial charge is 0.264 e. The third-order valence-corrected chi connectivity index (χ3v) is 8.17. The van der Waals surface area contributed by atoms with Gasteiger partial charge in [0, 0.05) is 12.2 Å². The number of hydrogen-bond donors (Lipinski definition) is 1. The molecule has 1 aliphatic rings. The zero-order valence-electron chi connectivity index (χ0n) is 19.3. The summed E-state index contributed by atoms with van der Waals surface area (Å²) in [6, 6.07) is 19.5. The molecule has 3 aromatic carbocycles. The van der Waals surface area contributed by atoms with E-state index in [0.717, 1.165) is 21.3 Å². The topological polar surface area (TPSA) is 75.7 Å². The number of halogens is 1. The summed E-state index contributed by atoms with van der Waals surface area (Å²) in [7, 11) is -3.67. The van der Waals surface area contributed by atoms with Gasteiger partial charge in [-0.25, -0.2) is 8.42 Å². The average molecular weight is 543 g/mol. The van der Waals surface area contributed by atoms with Crippen molar-refractivity contribution in [3.05, 3.63) is 82.3 Å². The Kier molecular flexibility index (Phi) is 6.73. The first-order valence-corrected chi connectivity index (χ1v) is 13.2. The van der Waals surface area contributed by atoms with Crippen molar-refractivity contribution in [1.82, 2.24) is 0 Å². The zero-order valence-corrected chi connectivity index (χ0v) is 21.7. The van der Waals surface area contributed by atoms with Crippen molar-refractivity contribution < 1.29 is 17.9 Å². The van der Waals surface area contributed by atoms with Crippen LogP contribution in [-0.4, -0.2) is 27.5 Å². The second-order valence-electron chi connectivity index (χ2n) is 9.21. The van der Waals surface area contributed by atoms with Crippen molar-refractivity contribution >= 4 is 43.2 Å². The van der Waals surface area contributed by atoms with E-state index >= 15 is 0 Å². The predicted molar refractivity (Wildman–Crippen MR) is 138 cm³/mol. The molecule has 0 unspecified atom stereocenters. The van der Waals surface area contributed by atoms with E-state index in [1.165, 1.54) is 16.4 Å². The quantitative estimate of drug-likeness (QED) is 0.445. The molecule has 0 radical (unpaired) electrons. The largest absolute Gasteiger partial charge is 0.483 e. The molecular weight excluding hydrogens is 516 g/mol. The van der Waals surface area contributed by atoms with Gasteiger partial charge >= 0.3 is 0 Å². The molecule has 4 rings (SSSR count). The highest BCUT2D eigenvalue weighted by Gasteiger charge is 2.30. The molecule has 0 saturated carbocycles.